The number of methoxy groups -OCH3 is 1. The summed E-state index contributed by atoms with van der Waals surface area (Å²) in [5.74, 6) is -2.58. The van der Waals surface area contributed by atoms with Gasteiger partial charge in [-0.05, 0) is 19.1 Å². The van der Waals surface area contributed by atoms with Crippen LogP contribution >= 0.6 is 0 Å². The van der Waals surface area contributed by atoms with E-state index in [0.29, 0.717) is 0 Å². The molecule has 1 heterocycles. The third-order valence-corrected chi connectivity index (χ3v) is 2.34. The molecule has 0 atom stereocenters. The lowest BCUT2D eigenvalue weighted by atomic mass is 10.1. The molecule has 0 fully saturated rings. The lowest BCUT2D eigenvalue weighted by molar-refractivity contribution is -0.137. The van der Waals surface area contributed by atoms with Crippen LogP contribution in [0.15, 0.2) is 23.9 Å². The fourth-order valence-corrected chi connectivity index (χ4v) is 1.51. The summed E-state index contributed by atoms with van der Waals surface area (Å²) in [5.41, 5.74) is -0.453. The highest BCUT2D eigenvalue weighted by molar-refractivity contribution is 6.21. The summed E-state index contributed by atoms with van der Waals surface area (Å²) in [6.45, 7) is 2.39. The van der Waals surface area contributed by atoms with Gasteiger partial charge in [0.05, 0.1) is 12.7 Å². The van der Waals surface area contributed by atoms with Crippen LogP contribution in [0.1, 0.15) is 19.4 Å². The van der Waals surface area contributed by atoms with E-state index in [4.69, 9.17) is 0 Å². The molecule has 1 aromatic heterocycles. The number of esters is 1. The maximum absolute atomic E-state index is 11.5. The fraction of sp³-hybridized carbons (Fsp3) is 0.231. The van der Waals surface area contributed by atoms with Crippen molar-refractivity contribution in [1.29, 1.82) is 0 Å². The largest absolute Gasteiger partial charge is 0.506 e. The zero-order chi connectivity index (χ0) is 15.3. The Labute approximate surface area is 115 Å². The summed E-state index contributed by atoms with van der Waals surface area (Å²) in [4.78, 5) is 38.0. The van der Waals surface area contributed by atoms with Gasteiger partial charge in [-0.3, -0.25) is 9.59 Å². The van der Waals surface area contributed by atoms with Crippen LogP contribution in [0.3, 0.4) is 0 Å². The minimum Gasteiger partial charge on any atom is -0.506 e. The van der Waals surface area contributed by atoms with Crippen molar-refractivity contribution < 1.29 is 24.2 Å². The summed E-state index contributed by atoms with van der Waals surface area (Å²) in [7, 11) is 1.09. The first-order chi connectivity index (χ1) is 9.38. The van der Waals surface area contributed by atoms with Crippen molar-refractivity contribution in [3.05, 3.63) is 29.5 Å². The lowest BCUT2D eigenvalue weighted by Gasteiger charge is -2.10. The van der Waals surface area contributed by atoms with Crippen molar-refractivity contribution in [2.75, 3.05) is 12.4 Å². The maximum Gasteiger partial charge on any atom is 0.345 e. The van der Waals surface area contributed by atoms with Gasteiger partial charge in [-0.15, -0.1) is 0 Å². The molecule has 7 nitrogen and oxygen atoms in total. The first-order valence-electron chi connectivity index (χ1n) is 5.64. The van der Waals surface area contributed by atoms with Crippen LogP contribution < -0.4 is 5.32 Å². The normalized spacial score (nSPS) is 11.3. The molecule has 1 aromatic rings. The highest BCUT2D eigenvalue weighted by Gasteiger charge is 2.23. The summed E-state index contributed by atoms with van der Waals surface area (Å²) >= 11 is 0. The van der Waals surface area contributed by atoms with Gasteiger partial charge in [0.2, 0.25) is 5.91 Å². The number of hydrogen-bond acceptors (Lipinski definition) is 6. The Bertz CT molecular complexity index is 592. The number of aliphatic hydroxyl groups excluding tert-OH is 1. The Balaban J connectivity index is 3.44. The number of carbonyl (C=O) groups excluding carboxylic acids is 3. The lowest BCUT2D eigenvalue weighted by Crippen LogP contribution is -2.16. The quantitative estimate of drug-likeness (QED) is 0.280. The molecule has 20 heavy (non-hydrogen) atoms. The van der Waals surface area contributed by atoms with E-state index >= 15 is 0 Å². The van der Waals surface area contributed by atoms with Gasteiger partial charge < -0.3 is 15.2 Å². The number of aliphatic hydroxyl groups is 1. The molecule has 7 heteroatoms. The van der Waals surface area contributed by atoms with Crippen LogP contribution in [0.2, 0.25) is 0 Å². The van der Waals surface area contributed by atoms with E-state index in [-0.39, 0.29) is 11.4 Å². The predicted molar refractivity (Wildman–Crippen MR) is 70.8 cm³/mol. The van der Waals surface area contributed by atoms with E-state index < -0.39 is 29.0 Å². The van der Waals surface area contributed by atoms with E-state index in [1.807, 2.05) is 0 Å². The van der Waals surface area contributed by atoms with Crippen molar-refractivity contribution >= 4 is 29.2 Å². The number of rotatable bonds is 4. The van der Waals surface area contributed by atoms with Crippen molar-refractivity contribution in [3.8, 4) is 0 Å². The van der Waals surface area contributed by atoms with Crippen LogP contribution in [0.5, 0.6) is 0 Å². The minimum atomic E-state index is -0.965. The van der Waals surface area contributed by atoms with E-state index in [1.54, 1.807) is 0 Å². The molecular formula is C13H14N2O5. The Hall–Kier alpha value is -2.70. The van der Waals surface area contributed by atoms with Gasteiger partial charge in [-0.2, -0.15) is 0 Å². The number of anilines is 1. The van der Waals surface area contributed by atoms with Crippen molar-refractivity contribution in [3.63, 3.8) is 0 Å². The highest BCUT2D eigenvalue weighted by Crippen LogP contribution is 2.23. The zero-order valence-corrected chi connectivity index (χ0v) is 11.3. The Morgan fingerprint density at radius 2 is 1.95 bits per heavy atom. The van der Waals surface area contributed by atoms with Crippen LogP contribution in [0, 0.1) is 0 Å². The molecule has 0 spiro atoms. The molecule has 0 aromatic carbocycles. The number of ketones is 1. The number of nitrogens with zero attached hydrogens (tertiary/aromatic N) is 1. The third kappa shape index (κ3) is 3.41. The monoisotopic (exact) mass is 278 g/mol. The molecule has 0 unspecified atom stereocenters. The fourth-order valence-electron chi connectivity index (χ4n) is 1.51. The Morgan fingerprint density at radius 3 is 2.45 bits per heavy atom. The van der Waals surface area contributed by atoms with Crippen LogP contribution in [0.25, 0.3) is 5.76 Å². The number of aromatic nitrogens is 1. The average Bonchev–Trinajstić information content (AvgIpc) is 2.38. The van der Waals surface area contributed by atoms with Crippen molar-refractivity contribution in [2.45, 2.75) is 13.8 Å². The SMILES string of the molecule is COC(=O)/C(C(C)=O)=C(\O)c1cccnc1NC(C)=O. The first kappa shape index (κ1) is 15.4. The number of nitrogens with one attached hydrogen (secondary N) is 1. The second-order valence-corrected chi connectivity index (χ2v) is 3.85. The molecule has 0 radical (unpaired) electrons. The summed E-state index contributed by atoms with van der Waals surface area (Å²) in [6, 6.07) is 2.91. The van der Waals surface area contributed by atoms with Crippen molar-refractivity contribution in [1.82, 2.24) is 4.98 Å². The van der Waals surface area contributed by atoms with E-state index in [0.717, 1.165) is 14.0 Å². The van der Waals surface area contributed by atoms with Gasteiger partial charge in [-0.1, -0.05) is 0 Å². The number of ether oxygens (including phenoxy) is 1. The molecule has 2 N–H and O–H groups in total. The molecule has 0 saturated carbocycles. The molecule has 0 bridgehead atoms. The van der Waals surface area contributed by atoms with Gasteiger partial charge in [0.25, 0.3) is 0 Å². The second kappa shape index (κ2) is 6.46. The number of hydrogen-bond donors (Lipinski definition) is 2. The maximum atomic E-state index is 11.5. The number of Topliss-reactive ketones (excluding diaryl/α,β-unsaturated/α-hetero) is 1. The van der Waals surface area contributed by atoms with Gasteiger partial charge in [-0.25, -0.2) is 9.78 Å². The van der Waals surface area contributed by atoms with E-state index in [9.17, 15) is 19.5 Å². The second-order valence-electron chi connectivity index (χ2n) is 3.85. The van der Waals surface area contributed by atoms with E-state index in [1.165, 1.54) is 25.3 Å². The van der Waals surface area contributed by atoms with E-state index in [2.05, 4.69) is 15.0 Å². The molecule has 106 valence electrons. The van der Waals surface area contributed by atoms with Crippen LogP contribution in [0.4, 0.5) is 5.82 Å². The molecule has 0 saturated heterocycles. The Morgan fingerprint density at radius 1 is 1.30 bits per heavy atom. The molecule has 0 aliphatic rings. The average molecular weight is 278 g/mol. The van der Waals surface area contributed by atoms with Gasteiger partial charge in [0.15, 0.2) is 5.78 Å². The minimum absolute atomic E-state index is 0.0418. The molecule has 0 aliphatic carbocycles. The first-order valence-corrected chi connectivity index (χ1v) is 5.64. The number of amides is 1. The standard InChI is InChI=1S/C13H14N2O5/c1-7(16)10(13(19)20-3)11(18)9-5-4-6-14-12(9)15-8(2)17/h4-6,18H,1-3H3,(H,14,15,17)/b11-10-. The smallest absolute Gasteiger partial charge is 0.345 e. The van der Waals surface area contributed by atoms with Gasteiger partial charge in [0.1, 0.15) is 17.2 Å². The summed E-state index contributed by atoms with van der Waals surface area (Å²) < 4.78 is 4.45. The zero-order valence-electron chi connectivity index (χ0n) is 11.3. The van der Waals surface area contributed by atoms with Gasteiger partial charge >= 0.3 is 5.97 Å². The van der Waals surface area contributed by atoms with Crippen molar-refractivity contribution in [2.24, 2.45) is 0 Å². The topological polar surface area (TPSA) is 106 Å². The van der Waals surface area contributed by atoms with Gasteiger partial charge in [0, 0.05) is 13.1 Å². The molecular weight excluding hydrogens is 264 g/mol. The Kier molecular flexibility index (Phi) is 4.96. The summed E-state index contributed by atoms with van der Waals surface area (Å²) in [5, 5.41) is 12.5. The van der Waals surface area contributed by atoms with Crippen LogP contribution in [-0.4, -0.2) is 34.9 Å². The summed E-state index contributed by atoms with van der Waals surface area (Å²) in [6.07, 6.45) is 1.40. The van der Waals surface area contributed by atoms with Crippen LogP contribution in [-0.2, 0) is 19.1 Å². The third-order valence-electron chi connectivity index (χ3n) is 2.34. The number of pyridine rings is 1. The predicted octanol–water partition coefficient (Wildman–Crippen LogP) is 1.07. The molecule has 1 rings (SSSR count). The molecule has 1 amide bonds. The highest BCUT2D eigenvalue weighted by atomic mass is 16.5. The molecule has 0 aliphatic heterocycles. The number of carbonyl (C=O) groups is 3.